The molecule has 2 atom stereocenters. The number of carbonyl (C=O) groups excluding carboxylic acids is 1. The molecular formula is C24H16ClFN2O. The van der Waals surface area contributed by atoms with Crippen molar-refractivity contribution in [3.8, 4) is 0 Å². The summed E-state index contributed by atoms with van der Waals surface area (Å²) in [5.41, 5.74) is 5.10. The maximum atomic E-state index is 14.9. The molecule has 2 aliphatic rings. The molecule has 0 aliphatic carbocycles. The first-order valence-corrected chi connectivity index (χ1v) is 9.97. The van der Waals surface area contributed by atoms with Crippen molar-refractivity contribution in [2.24, 2.45) is 0 Å². The number of amides is 1. The van der Waals surface area contributed by atoms with Crippen LogP contribution in [0.5, 0.6) is 0 Å². The molecule has 29 heavy (non-hydrogen) atoms. The minimum atomic E-state index is -0.346. The van der Waals surface area contributed by atoms with Crippen molar-refractivity contribution in [2.75, 3.05) is 6.54 Å². The number of hydrogen-bond acceptors (Lipinski definition) is 1. The van der Waals surface area contributed by atoms with Gasteiger partial charge in [0.25, 0.3) is 5.91 Å². The lowest BCUT2D eigenvalue weighted by Gasteiger charge is -2.36. The number of H-pyrrole nitrogens is 1. The SMILES string of the molecule is O=C1c2ccccc2[C@@H]2c3[nH]c4ccccc4c3[C@@H](c3c(F)cccc3Cl)CN12. The van der Waals surface area contributed by atoms with Gasteiger partial charge in [0, 0.05) is 45.2 Å². The third kappa shape index (κ3) is 2.21. The van der Waals surface area contributed by atoms with Gasteiger partial charge in [0.2, 0.25) is 0 Å². The zero-order chi connectivity index (χ0) is 19.7. The van der Waals surface area contributed by atoms with Crippen LogP contribution in [-0.2, 0) is 0 Å². The van der Waals surface area contributed by atoms with Gasteiger partial charge in [0.1, 0.15) is 5.82 Å². The van der Waals surface area contributed by atoms with E-state index >= 15 is 0 Å². The van der Waals surface area contributed by atoms with Gasteiger partial charge >= 0.3 is 0 Å². The monoisotopic (exact) mass is 402 g/mol. The van der Waals surface area contributed by atoms with Gasteiger partial charge in [0.15, 0.2) is 0 Å². The molecule has 1 N–H and O–H groups in total. The van der Waals surface area contributed by atoms with Crippen LogP contribution in [0.3, 0.4) is 0 Å². The Hall–Kier alpha value is -3.11. The van der Waals surface area contributed by atoms with E-state index in [1.54, 1.807) is 12.1 Å². The Morgan fingerprint density at radius 2 is 1.76 bits per heavy atom. The summed E-state index contributed by atoms with van der Waals surface area (Å²) in [5, 5.41) is 1.43. The van der Waals surface area contributed by atoms with Crippen molar-refractivity contribution in [1.29, 1.82) is 0 Å². The minimum absolute atomic E-state index is 0.0210. The van der Waals surface area contributed by atoms with Crippen LogP contribution in [0.2, 0.25) is 5.02 Å². The fourth-order valence-electron chi connectivity index (χ4n) is 5.01. The first kappa shape index (κ1) is 16.8. The van der Waals surface area contributed by atoms with Gasteiger partial charge in [-0.3, -0.25) is 4.79 Å². The maximum Gasteiger partial charge on any atom is 0.255 e. The Balaban J connectivity index is 1.67. The Morgan fingerprint density at radius 3 is 2.62 bits per heavy atom. The number of carbonyl (C=O) groups is 1. The third-order valence-electron chi connectivity index (χ3n) is 6.18. The number of aromatic nitrogens is 1. The number of halogens is 2. The standard InChI is InChI=1S/C24H16ClFN2O/c25-17-9-5-10-18(26)21(17)16-12-28-23(13-6-1-2-7-14(13)24(28)29)22-20(16)15-8-3-4-11-19(15)27-22/h1-11,16,23,27H,12H2/t16-,23+/m0/s1. The van der Waals surface area contributed by atoms with Crippen molar-refractivity contribution in [1.82, 2.24) is 9.88 Å². The molecule has 5 heteroatoms. The summed E-state index contributed by atoms with van der Waals surface area (Å²) < 4.78 is 14.9. The normalized spacial score (nSPS) is 19.9. The summed E-state index contributed by atoms with van der Waals surface area (Å²) in [7, 11) is 0. The van der Waals surface area contributed by atoms with Crippen LogP contribution in [0.1, 0.15) is 44.7 Å². The van der Waals surface area contributed by atoms with Crippen LogP contribution in [0, 0.1) is 5.82 Å². The molecule has 142 valence electrons. The van der Waals surface area contributed by atoms with E-state index in [9.17, 15) is 9.18 Å². The molecule has 0 spiro atoms. The van der Waals surface area contributed by atoms with Gasteiger partial charge in [-0.25, -0.2) is 4.39 Å². The van der Waals surface area contributed by atoms with Gasteiger partial charge in [-0.15, -0.1) is 0 Å². The summed E-state index contributed by atoms with van der Waals surface area (Å²) >= 11 is 6.46. The van der Waals surface area contributed by atoms with E-state index in [0.717, 1.165) is 27.7 Å². The van der Waals surface area contributed by atoms with Crippen LogP contribution >= 0.6 is 11.6 Å². The first-order valence-electron chi connectivity index (χ1n) is 9.59. The number of benzene rings is 3. The third-order valence-corrected chi connectivity index (χ3v) is 6.51. The first-order chi connectivity index (χ1) is 14.1. The fourth-order valence-corrected chi connectivity index (χ4v) is 5.31. The largest absolute Gasteiger partial charge is 0.356 e. The lowest BCUT2D eigenvalue weighted by atomic mass is 9.82. The van der Waals surface area contributed by atoms with Crippen molar-refractivity contribution < 1.29 is 9.18 Å². The van der Waals surface area contributed by atoms with E-state index in [4.69, 9.17) is 11.6 Å². The Bertz CT molecular complexity index is 1290. The highest BCUT2D eigenvalue weighted by molar-refractivity contribution is 6.31. The highest BCUT2D eigenvalue weighted by Crippen LogP contribution is 2.50. The number of hydrogen-bond donors (Lipinski definition) is 1. The van der Waals surface area contributed by atoms with Crippen LogP contribution in [-0.4, -0.2) is 22.3 Å². The van der Waals surface area contributed by atoms with Gasteiger partial charge in [-0.05, 0) is 35.4 Å². The Morgan fingerprint density at radius 1 is 0.966 bits per heavy atom. The second-order valence-corrected chi connectivity index (χ2v) is 8.04. The highest BCUT2D eigenvalue weighted by atomic mass is 35.5. The summed E-state index contributed by atoms with van der Waals surface area (Å²) in [5.74, 6) is -0.710. The highest BCUT2D eigenvalue weighted by Gasteiger charge is 2.46. The smallest absolute Gasteiger partial charge is 0.255 e. The average molecular weight is 403 g/mol. The van der Waals surface area contributed by atoms with Crippen molar-refractivity contribution >= 4 is 28.4 Å². The maximum absolute atomic E-state index is 14.9. The number of rotatable bonds is 1. The predicted octanol–water partition coefficient (Wildman–Crippen LogP) is 5.65. The number of aromatic amines is 1. The molecule has 0 radical (unpaired) electrons. The molecule has 0 fully saturated rings. The van der Waals surface area contributed by atoms with Gasteiger partial charge in [0.05, 0.1) is 6.04 Å². The van der Waals surface area contributed by atoms with Gasteiger partial charge in [-0.1, -0.05) is 54.1 Å². The molecule has 3 nitrogen and oxygen atoms in total. The molecule has 1 amide bonds. The van der Waals surface area contributed by atoms with Crippen LogP contribution < -0.4 is 0 Å². The van der Waals surface area contributed by atoms with E-state index in [1.807, 2.05) is 53.4 Å². The fraction of sp³-hybridized carbons (Fsp3) is 0.125. The number of nitrogens with one attached hydrogen (secondary N) is 1. The molecule has 0 unspecified atom stereocenters. The number of nitrogens with zero attached hydrogens (tertiary/aromatic N) is 1. The lowest BCUT2D eigenvalue weighted by molar-refractivity contribution is 0.0727. The second kappa shape index (κ2) is 5.94. The molecule has 0 saturated heterocycles. The lowest BCUT2D eigenvalue weighted by Crippen LogP contribution is -2.38. The summed E-state index contributed by atoms with van der Waals surface area (Å²) in [4.78, 5) is 18.6. The molecule has 3 heterocycles. The summed E-state index contributed by atoms with van der Waals surface area (Å²) in [6, 6.07) is 20.3. The molecule has 4 aromatic rings. The molecule has 6 rings (SSSR count). The number of fused-ring (bicyclic) bond motifs is 7. The predicted molar refractivity (Wildman–Crippen MR) is 111 cm³/mol. The molecule has 2 aliphatic heterocycles. The quantitative estimate of drug-likeness (QED) is 0.438. The van der Waals surface area contributed by atoms with E-state index in [2.05, 4.69) is 4.98 Å². The minimum Gasteiger partial charge on any atom is -0.356 e. The van der Waals surface area contributed by atoms with Gasteiger partial charge < -0.3 is 9.88 Å². The Labute approximate surface area is 171 Å². The molecule has 1 aromatic heterocycles. The van der Waals surface area contributed by atoms with Crippen LogP contribution in [0.15, 0.2) is 66.7 Å². The average Bonchev–Trinajstić information content (AvgIpc) is 3.24. The van der Waals surface area contributed by atoms with Crippen molar-refractivity contribution in [3.05, 3.63) is 106 Å². The second-order valence-electron chi connectivity index (χ2n) is 7.63. The summed E-state index contributed by atoms with van der Waals surface area (Å²) in [6.45, 7) is 0.383. The summed E-state index contributed by atoms with van der Waals surface area (Å²) in [6.07, 6.45) is 0. The Kier molecular flexibility index (Phi) is 3.44. The van der Waals surface area contributed by atoms with E-state index in [1.165, 1.54) is 6.07 Å². The molecule has 0 saturated carbocycles. The zero-order valence-electron chi connectivity index (χ0n) is 15.3. The number of para-hydroxylation sites is 1. The molecule has 3 aromatic carbocycles. The van der Waals surface area contributed by atoms with Gasteiger partial charge in [-0.2, -0.15) is 0 Å². The zero-order valence-corrected chi connectivity index (χ0v) is 16.1. The van der Waals surface area contributed by atoms with Crippen molar-refractivity contribution in [2.45, 2.75) is 12.0 Å². The topological polar surface area (TPSA) is 36.1 Å². The van der Waals surface area contributed by atoms with E-state index in [0.29, 0.717) is 22.7 Å². The van der Waals surface area contributed by atoms with Crippen LogP contribution in [0.4, 0.5) is 4.39 Å². The van der Waals surface area contributed by atoms with Crippen LogP contribution in [0.25, 0.3) is 10.9 Å². The molecular weight excluding hydrogens is 387 g/mol. The van der Waals surface area contributed by atoms with Crippen molar-refractivity contribution in [3.63, 3.8) is 0 Å². The van der Waals surface area contributed by atoms with E-state index in [-0.39, 0.29) is 23.7 Å². The van der Waals surface area contributed by atoms with E-state index < -0.39 is 0 Å². The molecule has 0 bridgehead atoms.